The molecule has 2 aromatic carbocycles. The monoisotopic (exact) mass is 440 g/mol. The van der Waals surface area contributed by atoms with Crippen LogP contribution in [-0.4, -0.2) is 49.7 Å². The summed E-state index contributed by atoms with van der Waals surface area (Å²) in [4.78, 5) is 13.8. The van der Waals surface area contributed by atoms with E-state index in [4.69, 9.17) is 0 Å². The first-order valence-corrected chi connectivity index (χ1v) is 11.0. The van der Waals surface area contributed by atoms with Gasteiger partial charge in [0.15, 0.2) is 0 Å². The third kappa shape index (κ3) is 5.02. The van der Waals surface area contributed by atoms with Crippen molar-refractivity contribution in [1.29, 1.82) is 0 Å². The number of carbonyl (C=O) groups is 1. The van der Waals surface area contributed by atoms with Gasteiger partial charge in [-0.15, -0.1) is 0 Å². The van der Waals surface area contributed by atoms with Crippen LogP contribution in [0.4, 0.5) is 13.2 Å². The average Bonchev–Trinajstić information content (AvgIpc) is 2.74. The molecule has 5 nitrogen and oxygen atoms in total. The number of hydrogen-bond acceptors (Lipinski definition) is 3. The molecule has 0 aliphatic carbocycles. The van der Waals surface area contributed by atoms with Crippen LogP contribution in [0.1, 0.15) is 30.4 Å². The number of rotatable bonds is 5. The maximum Gasteiger partial charge on any atom is 0.416 e. The van der Waals surface area contributed by atoms with Crippen LogP contribution in [0.25, 0.3) is 0 Å². The highest BCUT2D eigenvalue weighted by Crippen LogP contribution is 2.31. The van der Waals surface area contributed by atoms with E-state index in [1.54, 1.807) is 4.90 Å². The lowest BCUT2D eigenvalue weighted by Crippen LogP contribution is -2.50. The molecule has 30 heavy (non-hydrogen) atoms. The number of alkyl halides is 3. The second-order valence-corrected chi connectivity index (χ2v) is 9.26. The van der Waals surface area contributed by atoms with Crippen molar-refractivity contribution in [3.63, 3.8) is 0 Å². The minimum absolute atomic E-state index is 0.0329. The molecule has 9 heteroatoms. The van der Waals surface area contributed by atoms with Gasteiger partial charge in [0, 0.05) is 32.6 Å². The predicted octanol–water partition coefficient (Wildman–Crippen LogP) is 3.73. The minimum atomic E-state index is -4.62. The van der Waals surface area contributed by atoms with Gasteiger partial charge in [0.2, 0.25) is 15.9 Å². The highest BCUT2D eigenvalue weighted by molar-refractivity contribution is 7.89. The highest BCUT2D eigenvalue weighted by atomic mass is 32.2. The second-order valence-electron chi connectivity index (χ2n) is 7.33. The zero-order chi connectivity index (χ0) is 21.9. The van der Waals surface area contributed by atoms with Crippen molar-refractivity contribution in [2.75, 3.05) is 26.2 Å². The van der Waals surface area contributed by atoms with Crippen molar-refractivity contribution < 1.29 is 26.4 Å². The molecule has 1 saturated heterocycles. The molecule has 1 aliphatic rings. The normalized spacial score (nSPS) is 17.0. The predicted molar refractivity (Wildman–Crippen MR) is 106 cm³/mol. The second kappa shape index (κ2) is 8.77. The number of benzene rings is 2. The van der Waals surface area contributed by atoms with Crippen molar-refractivity contribution in [3.05, 3.63) is 65.7 Å². The largest absolute Gasteiger partial charge is 0.416 e. The lowest BCUT2D eigenvalue weighted by Gasteiger charge is -2.34. The SMILES string of the molecule is CC(CC(=O)N1CCN(S(=O)(=O)c2cccc(C(F)(F)F)c2)CC1)c1ccccc1. The molecule has 162 valence electrons. The Morgan fingerprint density at radius 1 is 1.00 bits per heavy atom. The highest BCUT2D eigenvalue weighted by Gasteiger charge is 2.34. The molecule has 1 amide bonds. The smallest absolute Gasteiger partial charge is 0.340 e. The molecule has 1 fully saturated rings. The summed E-state index contributed by atoms with van der Waals surface area (Å²) in [6.45, 7) is 2.47. The lowest BCUT2D eigenvalue weighted by atomic mass is 9.97. The molecule has 0 bridgehead atoms. The van der Waals surface area contributed by atoms with Crippen LogP contribution < -0.4 is 0 Å². The summed E-state index contributed by atoms with van der Waals surface area (Å²) in [5.41, 5.74) is 0.0453. The van der Waals surface area contributed by atoms with E-state index in [9.17, 15) is 26.4 Å². The molecule has 1 atom stereocenters. The molecular weight excluding hydrogens is 417 g/mol. The van der Waals surface area contributed by atoms with Crippen LogP contribution in [0.2, 0.25) is 0 Å². The average molecular weight is 440 g/mol. The third-order valence-electron chi connectivity index (χ3n) is 5.24. The van der Waals surface area contributed by atoms with Gasteiger partial charge in [-0.05, 0) is 29.7 Å². The van der Waals surface area contributed by atoms with Gasteiger partial charge in [0.25, 0.3) is 0 Å². The molecule has 1 heterocycles. The summed E-state index contributed by atoms with van der Waals surface area (Å²) in [7, 11) is -4.06. The van der Waals surface area contributed by atoms with Gasteiger partial charge in [-0.25, -0.2) is 8.42 Å². The molecule has 0 radical (unpaired) electrons. The van der Waals surface area contributed by atoms with E-state index >= 15 is 0 Å². The first-order valence-electron chi connectivity index (χ1n) is 9.59. The van der Waals surface area contributed by atoms with Gasteiger partial charge in [0.05, 0.1) is 10.5 Å². The molecule has 0 saturated carbocycles. The van der Waals surface area contributed by atoms with E-state index < -0.39 is 26.7 Å². The fraction of sp³-hybridized carbons (Fsp3) is 0.381. The molecule has 0 spiro atoms. The van der Waals surface area contributed by atoms with Crippen molar-refractivity contribution in [3.8, 4) is 0 Å². The van der Waals surface area contributed by atoms with Crippen LogP contribution in [0.3, 0.4) is 0 Å². The Morgan fingerprint density at radius 3 is 2.23 bits per heavy atom. The number of piperazine rings is 1. The van der Waals surface area contributed by atoms with E-state index in [2.05, 4.69) is 0 Å². The van der Waals surface area contributed by atoms with Gasteiger partial charge in [-0.1, -0.05) is 43.3 Å². The van der Waals surface area contributed by atoms with Gasteiger partial charge in [-0.2, -0.15) is 17.5 Å². The van der Waals surface area contributed by atoms with E-state index in [0.717, 1.165) is 28.1 Å². The molecule has 0 N–H and O–H groups in total. The Hall–Kier alpha value is -2.39. The summed E-state index contributed by atoms with van der Waals surface area (Å²) in [6.07, 6.45) is -4.31. The maximum absolute atomic E-state index is 12.9. The van der Waals surface area contributed by atoms with E-state index in [1.165, 1.54) is 0 Å². The molecule has 2 aromatic rings. The summed E-state index contributed by atoms with van der Waals surface area (Å²) < 4.78 is 65.4. The zero-order valence-corrected chi connectivity index (χ0v) is 17.3. The Labute approximate surface area is 174 Å². The van der Waals surface area contributed by atoms with Gasteiger partial charge in [0.1, 0.15) is 0 Å². The van der Waals surface area contributed by atoms with Gasteiger partial charge >= 0.3 is 6.18 Å². The minimum Gasteiger partial charge on any atom is -0.340 e. The van der Waals surface area contributed by atoms with E-state index in [0.29, 0.717) is 12.5 Å². The van der Waals surface area contributed by atoms with Crippen molar-refractivity contribution in [2.24, 2.45) is 0 Å². The molecule has 1 aliphatic heterocycles. The quantitative estimate of drug-likeness (QED) is 0.712. The van der Waals surface area contributed by atoms with E-state index in [-0.39, 0.29) is 38.0 Å². The van der Waals surface area contributed by atoms with Crippen LogP contribution in [0, 0.1) is 0 Å². The van der Waals surface area contributed by atoms with Crippen LogP contribution in [-0.2, 0) is 21.0 Å². The molecule has 1 unspecified atom stereocenters. The molecular formula is C21H23F3N2O3S. The molecule has 3 rings (SSSR count). The summed E-state index contributed by atoms with van der Waals surface area (Å²) >= 11 is 0. The maximum atomic E-state index is 12.9. The first kappa shape index (κ1) is 22.3. The fourth-order valence-corrected chi connectivity index (χ4v) is 4.92. The van der Waals surface area contributed by atoms with Gasteiger partial charge < -0.3 is 4.90 Å². The molecule has 0 aromatic heterocycles. The van der Waals surface area contributed by atoms with Gasteiger partial charge in [-0.3, -0.25) is 4.79 Å². The zero-order valence-electron chi connectivity index (χ0n) is 16.5. The van der Waals surface area contributed by atoms with Crippen molar-refractivity contribution in [1.82, 2.24) is 9.21 Å². The third-order valence-corrected chi connectivity index (χ3v) is 7.13. The number of amides is 1. The Morgan fingerprint density at radius 2 is 1.63 bits per heavy atom. The fourth-order valence-electron chi connectivity index (χ4n) is 3.45. The number of carbonyl (C=O) groups excluding carboxylic acids is 1. The van der Waals surface area contributed by atoms with E-state index in [1.807, 2.05) is 37.3 Å². The summed E-state index contributed by atoms with van der Waals surface area (Å²) in [5.74, 6) is -0.0342. The number of hydrogen-bond donors (Lipinski definition) is 0. The van der Waals surface area contributed by atoms with Crippen LogP contribution >= 0.6 is 0 Å². The summed E-state index contributed by atoms with van der Waals surface area (Å²) in [6, 6.07) is 13.4. The first-order chi connectivity index (χ1) is 14.1. The Balaban J connectivity index is 1.63. The topological polar surface area (TPSA) is 57.7 Å². The van der Waals surface area contributed by atoms with Crippen molar-refractivity contribution >= 4 is 15.9 Å². The number of nitrogens with zero attached hydrogens (tertiary/aromatic N) is 2. The van der Waals surface area contributed by atoms with Crippen LogP contribution in [0.5, 0.6) is 0 Å². The van der Waals surface area contributed by atoms with Crippen LogP contribution in [0.15, 0.2) is 59.5 Å². The summed E-state index contributed by atoms with van der Waals surface area (Å²) in [5, 5.41) is 0. The Bertz CT molecular complexity index is 986. The standard InChI is InChI=1S/C21H23F3N2O3S/c1-16(17-6-3-2-4-7-17)14-20(27)25-10-12-26(13-11-25)30(28,29)19-9-5-8-18(15-19)21(22,23)24/h2-9,15-16H,10-14H2,1H3. The number of halogens is 3. The lowest BCUT2D eigenvalue weighted by molar-refractivity contribution is -0.137. The van der Waals surface area contributed by atoms with Crippen molar-refractivity contribution in [2.45, 2.75) is 30.3 Å². The number of sulfonamides is 1. The Kier molecular flexibility index (Phi) is 6.52.